The second-order valence-corrected chi connectivity index (χ2v) is 3.24. The van der Waals surface area contributed by atoms with Crippen molar-refractivity contribution in [3.05, 3.63) is 29.8 Å². The molecule has 0 bridgehead atoms. The lowest BCUT2D eigenvalue weighted by atomic mass is 10.1. The van der Waals surface area contributed by atoms with E-state index in [9.17, 15) is 9.59 Å². The Labute approximate surface area is 92.4 Å². The van der Waals surface area contributed by atoms with Crippen LogP contribution in [-0.2, 0) is 16.0 Å². The summed E-state index contributed by atoms with van der Waals surface area (Å²) in [6, 6.07) is 6.01. The largest absolute Gasteiger partial charge is 0.480 e. The quantitative estimate of drug-likeness (QED) is 0.296. The first-order chi connectivity index (χ1) is 7.63. The molecule has 0 aromatic heterocycles. The molecule has 1 aromatic rings. The Balaban J connectivity index is 2.63. The summed E-state index contributed by atoms with van der Waals surface area (Å²) >= 11 is 0. The maximum atomic E-state index is 10.8. The first-order valence-electron chi connectivity index (χ1n) is 4.65. The van der Waals surface area contributed by atoms with Crippen LogP contribution in [-0.4, -0.2) is 23.5 Å². The average Bonchev–Trinajstić information content (AvgIpc) is 2.26. The van der Waals surface area contributed by atoms with Crippen molar-refractivity contribution in [2.75, 3.05) is 5.73 Å². The third kappa shape index (κ3) is 3.58. The molecule has 0 saturated carbocycles. The van der Waals surface area contributed by atoms with Gasteiger partial charge in [-0.15, -0.1) is 0 Å². The van der Waals surface area contributed by atoms with E-state index in [1.807, 2.05) is 0 Å². The van der Waals surface area contributed by atoms with Crippen molar-refractivity contribution in [2.24, 2.45) is 0 Å². The lowest BCUT2D eigenvalue weighted by molar-refractivity contribution is -0.139. The van der Waals surface area contributed by atoms with Gasteiger partial charge in [0.15, 0.2) is 0 Å². The van der Waals surface area contributed by atoms with Crippen LogP contribution in [0.5, 0.6) is 0 Å². The predicted octanol–water partition coefficient (Wildman–Crippen LogP) is -0.485. The molecule has 1 rings (SSSR count). The topological polar surface area (TPSA) is 104 Å². The van der Waals surface area contributed by atoms with Crippen LogP contribution in [0.3, 0.4) is 0 Å². The Bertz CT molecular complexity index is 364. The highest BCUT2D eigenvalue weighted by Crippen LogP contribution is 2.07. The lowest BCUT2D eigenvalue weighted by Crippen LogP contribution is -2.46. The SMILES string of the molecule is Nc1ccc(C[C@H](NNC=O)C(=O)O)cc1. The molecule has 6 heteroatoms. The number of amides is 1. The van der Waals surface area contributed by atoms with Gasteiger partial charge in [0.1, 0.15) is 6.04 Å². The number of carboxylic acid groups (broad SMARTS) is 1. The zero-order valence-corrected chi connectivity index (χ0v) is 8.51. The van der Waals surface area contributed by atoms with Gasteiger partial charge in [-0.3, -0.25) is 15.0 Å². The Morgan fingerprint density at radius 1 is 1.44 bits per heavy atom. The molecule has 6 nitrogen and oxygen atoms in total. The van der Waals surface area contributed by atoms with E-state index in [0.29, 0.717) is 12.1 Å². The Morgan fingerprint density at radius 3 is 2.56 bits per heavy atom. The van der Waals surface area contributed by atoms with Crippen LogP contribution in [0.1, 0.15) is 5.56 Å². The number of hydrazine groups is 1. The van der Waals surface area contributed by atoms with Crippen molar-refractivity contribution in [3.63, 3.8) is 0 Å². The monoisotopic (exact) mass is 223 g/mol. The summed E-state index contributed by atoms with van der Waals surface area (Å²) in [6.45, 7) is 0. The second-order valence-electron chi connectivity index (χ2n) is 3.24. The van der Waals surface area contributed by atoms with Crippen LogP contribution in [0.4, 0.5) is 5.69 Å². The highest BCUT2D eigenvalue weighted by Gasteiger charge is 2.16. The van der Waals surface area contributed by atoms with Crippen molar-refractivity contribution in [1.82, 2.24) is 10.9 Å². The average molecular weight is 223 g/mol. The minimum Gasteiger partial charge on any atom is -0.480 e. The first-order valence-corrected chi connectivity index (χ1v) is 4.65. The Morgan fingerprint density at radius 2 is 2.06 bits per heavy atom. The fraction of sp³-hybridized carbons (Fsp3) is 0.200. The smallest absolute Gasteiger partial charge is 0.322 e. The number of nitrogens with one attached hydrogen (secondary N) is 2. The van der Waals surface area contributed by atoms with E-state index in [1.165, 1.54) is 0 Å². The van der Waals surface area contributed by atoms with E-state index in [0.717, 1.165) is 5.56 Å². The van der Waals surface area contributed by atoms with Crippen LogP contribution >= 0.6 is 0 Å². The van der Waals surface area contributed by atoms with Gasteiger partial charge in [-0.1, -0.05) is 12.1 Å². The maximum absolute atomic E-state index is 10.8. The highest BCUT2D eigenvalue weighted by atomic mass is 16.4. The fourth-order valence-electron chi connectivity index (χ4n) is 1.22. The summed E-state index contributed by atoms with van der Waals surface area (Å²) in [6.07, 6.45) is 0.648. The summed E-state index contributed by atoms with van der Waals surface area (Å²) in [5, 5.41) is 8.87. The van der Waals surface area contributed by atoms with E-state index in [-0.39, 0.29) is 6.42 Å². The number of hydrogen-bond donors (Lipinski definition) is 4. The van der Waals surface area contributed by atoms with E-state index in [4.69, 9.17) is 10.8 Å². The summed E-state index contributed by atoms with van der Waals surface area (Å²) in [5.74, 6) is -1.04. The van der Waals surface area contributed by atoms with Gasteiger partial charge in [-0.25, -0.2) is 5.43 Å². The van der Waals surface area contributed by atoms with E-state index in [2.05, 4.69) is 10.9 Å². The third-order valence-corrected chi connectivity index (χ3v) is 2.03. The number of anilines is 1. The van der Waals surface area contributed by atoms with Crippen LogP contribution < -0.4 is 16.6 Å². The van der Waals surface area contributed by atoms with Gasteiger partial charge in [0.2, 0.25) is 6.41 Å². The van der Waals surface area contributed by atoms with Gasteiger partial charge in [-0.2, -0.15) is 0 Å². The van der Waals surface area contributed by atoms with Crippen molar-refractivity contribution >= 4 is 18.1 Å². The molecule has 1 atom stereocenters. The lowest BCUT2D eigenvalue weighted by Gasteiger charge is -2.13. The third-order valence-electron chi connectivity index (χ3n) is 2.03. The van der Waals surface area contributed by atoms with Gasteiger partial charge in [-0.05, 0) is 17.7 Å². The Hall–Kier alpha value is -2.08. The van der Waals surface area contributed by atoms with Gasteiger partial charge in [0, 0.05) is 12.1 Å². The number of rotatable bonds is 6. The summed E-state index contributed by atoms with van der Waals surface area (Å²) in [5.41, 5.74) is 11.5. The molecule has 0 aliphatic carbocycles. The molecular weight excluding hydrogens is 210 g/mol. The van der Waals surface area contributed by atoms with Crippen LogP contribution in [0.25, 0.3) is 0 Å². The normalized spacial score (nSPS) is 11.8. The fourth-order valence-corrected chi connectivity index (χ4v) is 1.22. The number of carbonyl (C=O) groups excluding carboxylic acids is 1. The second kappa shape index (κ2) is 5.72. The van der Waals surface area contributed by atoms with Crippen molar-refractivity contribution in [1.29, 1.82) is 0 Å². The minimum atomic E-state index is -1.04. The van der Waals surface area contributed by atoms with E-state index < -0.39 is 12.0 Å². The molecule has 0 saturated heterocycles. The van der Waals surface area contributed by atoms with Gasteiger partial charge < -0.3 is 10.8 Å². The van der Waals surface area contributed by atoms with Crippen molar-refractivity contribution in [3.8, 4) is 0 Å². The molecule has 0 aliphatic rings. The summed E-state index contributed by atoms with van der Waals surface area (Å²) < 4.78 is 0. The molecule has 0 spiro atoms. The molecule has 0 fully saturated rings. The molecule has 1 amide bonds. The molecule has 0 heterocycles. The summed E-state index contributed by atoms with van der Waals surface area (Å²) in [4.78, 5) is 20.9. The molecular formula is C10H13N3O3. The maximum Gasteiger partial charge on any atom is 0.322 e. The zero-order valence-electron chi connectivity index (χ0n) is 8.51. The molecule has 0 radical (unpaired) electrons. The predicted molar refractivity (Wildman–Crippen MR) is 58.3 cm³/mol. The number of aliphatic carboxylic acids is 1. The molecule has 1 aromatic carbocycles. The number of nitrogen functional groups attached to an aromatic ring is 1. The molecule has 5 N–H and O–H groups in total. The molecule has 86 valence electrons. The van der Waals surface area contributed by atoms with Crippen molar-refractivity contribution < 1.29 is 14.7 Å². The molecule has 0 aliphatic heterocycles. The highest BCUT2D eigenvalue weighted by molar-refractivity contribution is 5.74. The molecule has 0 unspecified atom stereocenters. The minimum absolute atomic E-state index is 0.260. The summed E-state index contributed by atoms with van der Waals surface area (Å²) in [7, 11) is 0. The van der Waals surface area contributed by atoms with Crippen LogP contribution in [0.2, 0.25) is 0 Å². The van der Waals surface area contributed by atoms with E-state index in [1.54, 1.807) is 24.3 Å². The van der Waals surface area contributed by atoms with Gasteiger partial charge in [0.25, 0.3) is 0 Å². The number of carboxylic acids is 1. The number of benzene rings is 1. The number of hydrogen-bond acceptors (Lipinski definition) is 4. The molecule has 16 heavy (non-hydrogen) atoms. The van der Waals surface area contributed by atoms with Crippen LogP contribution in [0.15, 0.2) is 24.3 Å². The zero-order chi connectivity index (χ0) is 12.0. The standard InChI is InChI=1S/C10H13N3O3/c11-8-3-1-7(2-4-8)5-9(10(15)16)13-12-6-14/h1-4,6,9,13H,5,11H2,(H,12,14)(H,15,16)/t9-/m0/s1. The Kier molecular flexibility index (Phi) is 4.28. The number of carbonyl (C=O) groups is 2. The van der Waals surface area contributed by atoms with Crippen LogP contribution in [0, 0.1) is 0 Å². The van der Waals surface area contributed by atoms with Gasteiger partial charge in [0.05, 0.1) is 0 Å². The van der Waals surface area contributed by atoms with Crippen molar-refractivity contribution in [2.45, 2.75) is 12.5 Å². The van der Waals surface area contributed by atoms with E-state index >= 15 is 0 Å². The first kappa shape index (κ1) is 12.0. The number of nitrogens with two attached hydrogens (primary N) is 1. The van der Waals surface area contributed by atoms with Gasteiger partial charge >= 0.3 is 5.97 Å².